The van der Waals surface area contributed by atoms with Crippen LogP contribution in [0.4, 0.5) is 0 Å². The molecule has 6 heteroatoms. The molecule has 0 aromatic heterocycles. The summed E-state index contributed by atoms with van der Waals surface area (Å²) in [4.78, 5) is 11.9. The summed E-state index contributed by atoms with van der Waals surface area (Å²) in [7, 11) is -2.94. The molecular weight excluding hydrogens is 240 g/mol. The van der Waals surface area contributed by atoms with E-state index in [0.29, 0.717) is 6.42 Å². The molecule has 2 N–H and O–H groups in total. The van der Waals surface area contributed by atoms with Gasteiger partial charge in [0.2, 0.25) is 5.91 Å². The maximum Gasteiger partial charge on any atom is 0.237 e. The number of hydrogen-bond donors (Lipinski definition) is 2. The monoisotopic (exact) mass is 260 g/mol. The molecule has 2 unspecified atom stereocenters. The summed E-state index contributed by atoms with van der Waals surface area (Å²) >= 11 is 0. The molecule has 2 saturated heterocycles. The van der Waals surface area contributed by atoms with Gasteiger partial charge in [0.05, 0.1) is 17.5 Å². The number of carbonyl (C=O) groups excluding carboxylic acids is 1. The van der Waals surface area contributed by atoms with Crippen LogP contribution >= 0.6 is 0 Å². The van der Waals surface area contributed by atoms with E-state index < -0.39 is 9.84 Å². The summed E-state index contributed by atoms with van der Waals surface area (Å²) in [5, 5.41) is 6.03. The normalized spacial score (nSPS) is 32.9. The Balaban J connectivity index is 1.85. The molecule has 0 aromatic rings. The van der Waals surface area contributed by atoms with E-state index in [1.807, 2.05) is 0 Å². The van der Waals surface area contributed by atoms with Gasteiger partial charge in [-0.15, -0.1) is 0 Å². The van der Waals surface area contributed by atoms with Crippen molar-refractivity contribution >= 4 is 15.7 Å². The zero-order chi connectivity index (χ0) is 12.3. The average Bonchev–Trinajstić information content (AvgIpc) is 2.29. The highest BCUT2D eigenvalue weighted by molar-refractivity contribution is 7.91. The van der Waals surface area contributed by atoms with Crippen molar-refractivity contribution in [3.63, 3.8) is 0 Å². The first-order valence-electron chi connectivity index (χ1n) is 6.31. The Morgan fingerprint density at radius 1 is 1.18 bits per heavy atom. The van der Waals surface area contributed by atoms with Crippen LogP contribution in [0.2, 0.25) is 0 Å². The van der Waals surface area contributed by atoms with Crippen molar-refractivity contribution in [2.75, 3.05) is 18.1 Å². The highest BCUT2D eigenvalue weighted by atomic mass is 32.2. The Labute approximate surface area is 102 Å². The minimum absolute atomic E-state index is 0.0354. The topological polar surface area (TPSA) is 75.3 Å². The molecule has 1 amide bonds. The molecule has 0 bridgehead atoms. The van der Waals surface area contributed by atoms with Crippen LogP contribution in [0.5, 0.6) is 0 Å². The van der Waals surface area contributed by atoms with Crippen molar-refractivity contribution in [2.24, 2.45) is 0 Å². The number of sulfone groups is 1. The predicted octanol–water partition coefficient (Wildman–Crippen LogP) is -0.178. The van der Waals surface area contributed by atoms with E-state index >= 15 is 0 Å². The summed E-state index contributed by atoms with van der Waals surface area (Å²) in [6.07, 6.45) is 4.46. The van der Waals surface area contributed by atoms with Crippen LogP contribution in [0.25, 0.3) is 0 Å². The Bertz CT molecular complexity index is 374. The third-order valence-corrected chi connectivity index (χ3v) is 5.26. The van der Waals surface area contributed by atoms with Gasteiger partial charge in [-0.1, -0.05) is 6.42 Å². The fourth-order valence-corrected chi connectivity index (χ4v) is 4.15. The Morgan fingerprint density at radius 2 is 2.00 bits per heavy atom. The highest BCUT2D eigenvalue weighted by Crippen LogP contribution is 2.13. The van der Waals surface area contributed by atoms with Crippen molar-refractivity contribution in [1.29, 1.82) is 0 Å². The van der Waals surface area contributed by atoms with E-state index in [9.17, 15) is 13.2 Å². The van der Waals surface area contributed by atoms with Gasteiger partial charge in [-0.3, -0.25) is 4.79 Å². The molecule has 2 fully saturated rings. The third kappa shape index (κ3) is 3.67. The molecule has 17 heavy (non-hydrogen) atoms. The van der Waals surface area contributed by atoms with Crippen molar-refractivity contribution in [2.45, 2.75) is 44.2 Å². The van der Waals surface area contributed by atoms with Crippen LogP contribution in [0, 0.1) is 0 Å². The molecule has 2 atom stereocenters. The number of piperidine rings is 1. The Morgan fingerprint density at radius 3 is 2.65 bits per heavy atom. The fourth-order valence-electron chi connectivity index (χ4n) is 2.51. The van der Waals surface area contributed by atoms with Crippen molar-refractivity contribution in [1.82, 2.24) is 10.6 Å². The van der Waals surface area contributed by atoms with Crippen LogP contribution < -0.4 is 10.6 Å². The number of amides is 1. The largest absolute Gasteiger partial charge is 0.351 e. The maximum absolute atomic E-state index is 11.9. The fraction of sp³-hybridized carbons (Fsp3) is 0.909. The molecule has 5 nitrogen and oxygen atoms in total. The Hall–Kier alpha value is -0.620. The third-order valence-electron chi connectivity index (χ3n) is 3.44. The molecule has 0 saturated carbocycles. The van der Waals surface area contributed by atoms with E-state index in [2.05, 4.69) is 10.6 Å². The van der Waals surface area contributed by atoms with Gasteiger partial charge in [0, 0.05) is 6.04 Å². The first kappa shape index (κ1) is 12.8. The second kappa shape index (κ2) is 5.35. The number of nitrogens with one attached hydrogen (secondary N) is 2. The lowest BCUT2D eigenvalue weighted by Gasteiger charge is -2.27. The van der Waals surface area contributed by atoms with Crippen LogP contribution in [0.1, 0.15) is 32.1 Å². The molecule has 0 spiro atoms. The summed E-state index contributed by atoms with van der Waals surface area (Å²) in [6.45, 7) is 0.876. The van der Waals surface area contributed by atoms with Gasteiger partial charge in [0.1, 0.15) is 0 Å². The van der Waals surface area contributed by atoms with Gasteiger partial charge in [-0.2, -0.15) is 0 Å². The van der Waals surface area contributed by atoms with Crippen molar-refractivity contribution in [3.05, 3.63) is 0 Å². The van der Waals surface area contributed by atoms with Crippen molar-refractivity contribution < 1.29 is 13.2 Å². The summed E-state index contributed by atoms with van der Waals surface area (Å²) in [6, 6.07) is -0.321. The molecule has 2 aliphatic heterocycles. The van der Waals surface area contributed by atoms with Crippen LogP contribution in [-0.4, -0.2) is 44.5 Å². The highest BCUT2D eigenvalue weighted by Gasteiger charge is 2.28. The summed E-state index contributed by atoms with van der Waals surface area (Å²) in [5.74, 6) is 0.332. The molecular formula is C11H20N2O3S. The van der Waals surface area contributed by atoms with Gasteiger partial charge < -0.3 is 10.6 Å². The van der Waals surface area contributed by atoms with Crippen LogP contribution in [0.3, 0.4) is 0 Å². The molecule has 2 heterocycles. The molecule has 2 rings (SSSR count). The smallest absolute Gasteiger partial charge is 0.237 e. The maximum atomic E-state index is 11.9. The molecule has 0 radical (unpaired) electrons. The lowest BCUT2D eigenvalue weighted by molar-refractivity contribution is -0.124. The van der Waals surface area contributed by atoms with E-state index in [4.69, 9.17) is 0 Å². The van der Waals surface area contributed by atoms with Gasteiger partial charge in [-0.25, -0.2) is 8.42 Å². The average molecular weight is 260 g/mol. The van der Waals surface area contributed by atoms with Gasteiger partial charge in [-0.05, 0) is 32.2 Å². The minimum Gasteiger partial charge on any atom is -0.351 e. The summed E-state index contributed by atoms with van der Waals surface area (Å²) in [5.41, 5.74) is 0. The first-order valence-corrected chi connectivity index (χ1v) is 8.13. The number of rotatable bonds is 2. The number of hydrogen-bond acceptors (Lipinski definition) is 4. The Kier molecular flexibility index (Phi) is 4.04. The van der Waals surface area contributed by atoms with E-state index in [0.717, 1.165) is 32.2 Å². The standard InChI is InChI=1S/C11H20N2O3S/c14-11(10-5-1-2-6-12-10)13-9-4-3-7-17(15,16)8-9/h9-10,12H,1-8H2,(H,13,14). The van der Waals surface area contributed by atoms with Gasteiger partial charge >= 0.3 is 0 Å². The lowest BCUT2D eigenvalue weighted by Crippen LogP contribution is -2.52. The van der Waals surface area contributed by atoms with Gasteiger partial charge in [0.25, 0.3) is 0 Å². The zero-order valence-electron chi connectivity index (χ0n) is 9.94. The second-order valence-electron chi connectivity index (χ2n) is 4.96. The van der Waals surface area contributed by atoms with Gasteiger partial charge in [0.15, 0.2) is 9.84 Å². The molecule has 0 aliphatic carbocycles. The quantitative estimate of drug-likeness (QED) is 0.722. The van der Waals surface area contributed by atoms with Crippen LogP contribution in [0.15, 0.2) is 0 Å². The zero-order valence-corrected chi connectivity index (χ0v) is 10.8. The van der Waals surface area contributed by atoms with Crippen LogP contribution in [-0.2, 0) is 14.6 Å². The molecule has 98 valence electrons. The van der Waals surface area contributed by atoms with Crippen molar-refractivity contribution in [3.8, 4) is 0 Å². The van der Waals surface area contributed by atoms with E-state index in [1.54, 1.807) is 0 Å². The first-order chi connectivity index (χ1) is 8.07. The number of carbonyl (C=O) groups is 1. The molecule has 0 aromatic carbocycles. The minimum atomic E-state index is -2.94. The summed E-state index contributed by atoms with van der Waals surface area (Å²) < 4.78 is 22.9. The van der Waals surface area contributed by atoms with E-state index in [-0.39, 0.29) is 29.5 Å². The predicted molar refractivity (Wildman–Crippen MR) is 65.5 cm³/mol. The molecule has 2 aliphatic rings. The SMILES string of the molecule is O=C(NC1CCCS(=O)(=O)C1)C1CCCCN1. The second-order valence-corrected chi connectivity index (χ2v) is 7.19. The van der Waals surface area contributed by atoms with E-state index in [1.165, 1.54) is 0 Å². The lowest BCUT2D eigenvalue weighted by atomic mass is 10.0.